The molecule has 1 aromatic rings. The molecule has 36 heavy (non-hydrogen) atoms. The topological polar surface area (TPSA) is 174 Å². The van der Waals surface area contributed by atoms with Crippen molar-refractivity contribution >= 4 is 28.9 Å². The Balaban J connectivity index is 1.63. The Labute approximate surface area is 207 Å². The van der Waals surface area contributed by atoms with Gasteiger partial charge in [0.1, 0.15) is 17.4 Å². The van der Waals surface area contributed by atoms with Crippen molar-refractivity contribution in [3.63, 3.8) is 0 Å². The second-order valence-electron chi connectivity index (χ2n) is 10.4. The molecular weight excluding hydrogens is 470 g/mol. The van der Waals surface area contributed by atoms with Crippen LogP contribution in [-0.4, -0.2) is 101 Å². The van der Waals surface area contributed by atoms with Gasteiger partial charge in [-0.15, -0.1) is 0 Å². The van der Waals surface area contributed by atoms with Crippen LogP contribution in [0.3, 0.4) is 0 Å². The summed E-state index contributed by atoms with van der Waals surface area (Å²) in [6.45, 7) is 2.06. The van der Waals surface area contributed by atoms with Crippen LogP contribution in [-0.2, 0) is 25.5 Å². The van der Waals surface area contributed by atoms with Crippen LogP contribution in [0.15, 0.2) is 17.7 Å². The van der Waals surface area contributed by atoms with E-state index in [1.165, 1.54) is 0 Å². The van der Waals surface area contributed by atoms with Gasteiger partial charge in [0.05, 0.1) is 30.6 Å². The smallest absolute Gasteiger partial charge is 0.230 e. The van der Waals surface area contributed by atoms with E-state index in [1.54, 1.807) is 31.1 Å². The van der Waals surface area contributed by atoms with E-state index in [-0.39, 0.29) is 29.7 Å². The highest BCUT2D eigenvalue weighted by Gasteiger charge is 2.67. The molecule has 3 aliphatic carbocycles. The third-order valence-corrected chi connectivity index (χ3v) is 8.29. The van der Waals surface area contributed by atoms with E-state index >= 15 is 0 Å². The van der Waals surface area contributed by atoms with Crippen LogP contribution in [0.25, 0.3) is 5.76 Å². The monoisotopic (exact) mass is 501 g/mol. The first-order valence-corrected chi connectivity index (χ1v) is 12.1. The summed E-state index contributed by atoms with van der Waals surface area (Å²) < 4.78 is 5.37. The number of morpholine rings is 1. The Morgan fingerprint density at radius 2 is 1.86 bits per heavy atom. The number of carbonyl (C=O) groups excluding carboxylic acids is 3. The number of primary amides is 1. The standard InChI is InChI=1S/C25H31N3O8/c1-27(2)18-13-10-12-9-11-3-4-14(28-5-7-36-8-6-28)19(29)15(11)20(30)16(12)22(32)25(13,35)23(33)17(21(18)31)24(26)34/h3-4,12-13,17-18,21,29-31,35H,5-10H2,1-2H3,(H2,26,34)/t12-,13-,17?,18-,21?,25-/m0/s1. The highest BCUT2D eigenvalue weighted by atomic mass is 16.5. The molecule has 1 aliphatic heterocycles. The number of hydrogen-bond acceptors (Lipinski definition) is 10. The fourth-order valence-electron chi connectivity index (χ4n) is 6.63. The van der Waals surface area contributed by atoms with Crippen molar-refractivity contribution < 1.29 is 39.5 Å². The minimum atomic E-state index is -2.65. The molecule has 1 saturated heterocycles. The van der Waals surface area contributed by atoms with Crippen LogP contribution in [0, 0.1) is 17.8 Å². The number of Topliss-reactive ketones (excluding diaryl/α,β-unsaturated/α-hetero) is 2. The SMILES string of the molecule is CN(C)[C@@H]1C(O)C(C(N)=O)C(=O)[C@@]2(O)C(=O)C3=C(O)c4c(ccc(N5CCOCC5)c4O)C[C@H]3C[C@@H]12. The summed E-state index contributed by atoms with van der Waals surface area (Å²) in [7, 11) is 3.24. The molecule has 11 heteroatoms. The molecule has 0 radical (unpaired) electrons. The third-order valence-electron chi connectivity index (χ3n) is 8.29. The van der Waals surface area contributed by atoms with Gasteiger partial charge in [0.2, 0.25) is 11.7 Å². The molecular formula is C25H31N3O8. The first-order chi connectivity index (χ1) is 17.0. The molecule has 11 nitrogen and oxygen atoms in total. The molecule has 1 amide bonds. The lowest BCUT2D eigenvalue weighted by Crippen LogP contribution is -2.73. The lowest BCUT2D eigenvalue weighted by molar-refractivity contribution is -0.184. The number of rotatable bonds is 3. The molecule has 0 aromatic heterocycles. The molecule has 4 aliphatic rings. The van der Waals surface area contributed by atoms with Crippen molar-refractivity contribution in [3.8, 4) is 5.75 Å². The van der Waals surface area contributed by atoms with E-state index in [0.29, 0.717) is 37.6 Å². The van der Waals surface area contributed by atoms with Crippen molar-refractivity contribution in [2.75, 3.05) is 45.3 Å². The number of nitrogens with two attached hydrogens (primary N) is 1. The van der Waals surface area contributed by atoms with E-state index in [2.05, 4.69) is 0 Å². The highest BCUT2D eigenvalue weighted by molar-refractivity contribution is 6.25. The van der Waals surface area contributed by atoms with E-state index in [1.807, 2.05) is 4.90 Å². The maximum atomic E-state index is 13.8. The number of phenols is 1. The van der Waals surface area contributed by atoms with Gasteiger partial charge in [-0.2, -0.15) is 0 Å². The van der Waals surface area contributed by atoms with Crippen LogP contribution in [0.1, 0.15) is 17.5 Å². The maximum Gasteiger partial charge on any atom is 0.230 e. The first kappa shape index (κ1) is 24.7. The van der Waals surface area contributed by atoms with Gasteiger partial charge in [0.25, 0.3) is 0 Å². The van der Waals surface area contributed by atoms with Crippen molar-refractivity contribution in [2.45, 2.75) is 30.6 Å². The molecule has 6 N–H and O–H groups in total. The van der Waals surface area contributed by atoms with Crippen molar-refractivity contribution in [3.05, 3.63) is 28.8 Å². The summed E-state index contributed by atoms with van der Waals surface area (Å²) in [5.74, 6) is -7.35. The maximum absolute atomic E-state index is 13.8. The second-order valence-corrected chi connectivity index (χ2v) is 10.4. The summed E-state index contributed by atoms with van der Waals surface area (Å²) >= 11 is 0. The number of phenolic OH excluding ortho intramolecular Hbond substituents is 1. The highest BCUT2D eigenvalue weighted by Crippen LogP contribution is 2.53. The Hall–Kier alpha value is -2.99. The van der Waals surface area contributed by atoms with Crippen LogP contribution in [0.5, 0.6) is 5.75 Å². The van der Waals surface area contributed by atoms with Crippen LogP contribution in [0.4, 0.5) is 5.69 Å². The number of carbonyl (C=O) groups is 3. The number of ether oxygens (including phenoxy) is 1. The van der Waals surface area contributed by atoms with Gasteiger partial charge in [-0.05, 0) is 44.5 Å². The van der Waals surface area contributed by atoms with Gasteiger partial charge in [0.15, 0.2) is 11.4 Å². The fraction of sp³-hybridized carbons (Fsp3) is 0.560. The molecule has 6 atom stereocenters. The van der Waals surface area contributed by atoms with Gasteiger partial charge >= 0.3 is 0 Å². The van der Waals surface area contributed by atoms with Crippen molar-refractivity contribution in [2.24, 2.45) is 23.5 Å². The number of hydrogen-bond donors (Lipinski definition) is 5. The molecule has 1 heterocycles. The fourth-order valence-corrected chi connectivity index (χ4v) is 6.63. The van der Waals surface area contributed by atoms with E-state index in [0.717, 1.165) is 0 Å². The molecule has 0 spiro atoms. The number of nitrogens with zero attached hydrogens (tertiary/aromatic N) is 2. The molecule has 1 aromatic carbocycles. The Morgan fingerprint density at radius 3 is 2.47 bits per heavy atom. The van der Waals surface area contributed by atoms with Crippen LogP contribution < -0.4 is 10.6 Å². The zero-order valence-electron chi connectivity index (χ0n) is 20.2. The minimum absolute atomic E-state index is 0.0968. The Morgan fingerprint density at radius 1 is 1.19 bits per heavy atom. The van der Waals surface area contributed by atoms with E-state index in [9.17, 15) is 34.8 Å². The number of aliphatic hydroxyl groups is 3. The van der Waals surface area contributed by atoms with Gasteiger partial charge in [-0.3, -0.25) is 14.4 Å². The molecule has 2 unspecified atom stereocenters. The summed E-state index contributed by atoms with van der Waals surface area (Å²) in [5, 5.41) is 45.0. The zero-order chi connectivity index (χ0) is 26.1. The van der Waals surface area contributed by atoms with Gasteiger partial charge in [-0.25, -0.2) is 0 Å². The molecule has 3 fully saturated rings. The number of benzene rings is 1. The summed E-state index contributed by atoms with van der Waals surface area (Å²) in [6.07, 6.45) is -1.11. The van der Waals surface area contributed by atoms with Gasteiger partial charge in [-0.1, -0.05) is 6.07 Å². The summed E-state index contributed by atoms with van der Waals surface area (Å²) in [5.41, 5.74) is 3.81. The van der Waals surface area contributed by atoms with E-state index in [4.69, 9.17) is 10.5 Å². The number of aromatic hydroxyl groups is 1. The van der Waals surface area contributed by atoms with Crippen LogP contribution >= 0.6 is 0 Å². The molecule has 5 rings (SSSR count). The van der Waals surface area contributed by atoms with E-state index < -0.39 is 58.7 Å². The molecule has 2 saturated carbocycles. The number of aliphatic hydroxyl groups excluding tert-OH is 2. The molecule has 194 valence electrons. The summed E-state index contributed by atoms with van der Waals surface area (Å²) in [6, 6.07) is 2.66. The summed E-state index contributed by atoms with van der Waals surface area (Å²) in [4.78, 5) is 42.8. The molecule has 0 bridgehead atoms. The predicted octanol–water partition coefficient (Wildman–Crippen LogP) is -1.03. The average Bonchev–Trinajstić information content (AvgIpc) is 2.81. The van der Waals surface area contributed by atoms with Crippen molar-refractivity contribution in [1.29, 1.82) is 0 Å². The number of fused-ring (bicyclic) bond motifs is 3. The lowest BCUT2D eigenvalue weighted by atomic mass is 9.54. The Kier molecular flexibility index (Phi) is 5.86. The Bertz CT molecular complexity index is 1170. The van der Waals surface area contributed by atoms with Gasteiger partial charge in [0, 0.05) is 30.6 Å². The minimum Gasteiger partial charge on any atom is -0.507 e. The number of likely N-dealkylation sites (N-methyl/N-ethyl adjacent to an activating group) is 1. The normalized spacial score (nSPS) is 34.4. The third kappa shape index (κ3) is 3.30. The second kappa shape index (κ2) is 8.55. The number of amides is 1. The average molecular weight is 502 g/mol. The zero-order valence-corrected chi connectivity index (χ0v) is 20.2. The quantitative estimate of drug-likeness (QED) is 0.322. The largest absolute Gasteiger partial charge is 0.507 e. The number of anilines is 1. The number of ketones is 2. The predicted molar refractivity (Wildman–Crippen MR) is 127 cm³/mol. The lowest BCUT2D eigenvalue weighted by Gasteiger charge is -2.53. The van der Waals surface area contributed by atoms with Crippen LogP contribution in [0.2, 0.25) is 0 Å². The van der Waals surface area contributed by atoms with Crippen molar-refractivity contribution in [1.82, 2.24) is 4.90 Å². The van der Waals surface area contributed by atoms with Gasteiger partial charge < -0.3 is 40.7 Å². The first-order valence-electron chi connectivity index (χ1n) is 12.1.